The van der Waals surface area contributed by atoms with Crippen molar-refractivity contribution < 1.29 is 9.90 Å². The highest BCUT2D eigenvalue weighted by atomic mass is 32.1. The molecule has 100 valence electrons. The number of nitrogens with zero attached hydrogens (tertiary/aromatic N) is 2. The van der Waals surface area contributed by atoms with Crippen molar-refractivity contribution >= 4 is 17.2 Å². The number of β-amino-alcohol motifs (C(OH)–C–C–N with tert-alkyl or cyclic N) is 1. The summed E-state index contributed by atoms with van der Waals surface area (Å²) in [7, 11) is 0. The van der Waals surface area contributed by atoms with Crippen LogP contribution in [0.1, 0.15) is 21.7 Å². The summed E-state index contributed by atoms with van der Waals surface area (Å²) < 4.78 is 2.11. The lowest BCUT2D eigenvalue weighted by molar-refractivity contribution is 0.00593. The van der Waals surface area contributed by atoms with E-state index >= 15 is 0 Å². The zero-order valence-electron chi connectivity index (χ0n) is 11.0. The summed E-state index contributed by atoms with van der Waals surface area (Å²) in [5.41, 5.74) is 2.97. The van der Waals surface area contributed by atoms with Gasteiger partial charge in [0.15, 0.2) is 0 Å². The predicted molar refractivity (Wildman–Crippen MR) is 75.0 cm³/mol. The Kier molecular flexibility index (Phi) is 2.95. The van der Waals surface area contributed by atoms with E-state index in [1.54, 1.807) is 16.2 Å². The van der Waals surface area contributed by atoms with E-state index in [4.69, 9.17) is 0 Å². The molecule has 3 rings (SSSR count). The van der Waals surface area contributed by atoms with Crippen LogP contribution in [0.5, 0.6) is 0 Å². The number of aryl methyl sites for hydroxylation is 2. The molecule has 2 aromatic heterocycles. The van der Waals surface area contributed by atoms with Gasteiger partial charge in [0.25, 0.3) is 5.91 Å². The molecule has 0 atom stereocenters. The molecule has 0 saturated carbocycles. The van der Waals surface area contributed by atoms with Crippen LogP contribution in [0.3, 0.4) is 0 Å². The minimum absolute atomic E-state index is 0.00838. The topological polar surface area (TPSA) is 45.5 Å². The van der Waals surface area contributed by atoms with Gasteiger partial charge in [-0.1, -0.05) is 0 Å². The first-order valence-electron chi connectivity index (χ1n) is 6.28. The molecule has 1 fully saturated rings. The van der Waals surface area contributed by atoms with E-state index in [9.17, 15) is 9.90 Å². The van der Waals surface area contributed by atoms with Crippen LogP contribution in [0.25, 0.3) is 5.00 Å². The van der Waals surface area contributed by atoms with Crippen molar-refractivity contribution in [3.05, 3.63) is 40.5 Å². The fraction of sp³-hybridized carbons (Fsp3) is 0.357. The first-order valence-corrected chi connectivity index (χ1v) is 7.16. The van der Waals surface area contributed by atoms with Gasteiger partial charge >= 0.3 is 0 Å². The van der Waals surface area contributed by atoms with E-state index in [0.29, 0.717) is 13.1 Å². The summed E-state index contributed by atoms with van der Waals surface area (Å²) in [6.07, 6.45) is -0.360. The van der Waals surface area contributed by atoms with Crippen molar-refractivity contribution in [3.8, 4) is 5.00 Å². The van der Waals surface area contributed by atoms with E-state index < -0.39 is 0 Å². The Labute approximate surface area is 115 Å². The molecule has 0 aliphatic carbocycles. The molecule has 0 radical (unpaired) electrons. The third kappa shape index (κ3) is 1.99. The van der Waals surface area contributed by atoms with Crippen LogP contribution in [-0.4, -0.2) is 39.7 Å². The average molecular weight is 276 g/mol. The van der Waals surface area contributed by atoms with Gasteiger partial charge in [0.2, 0.25) is 0 Å². The van der Waals surface area contributed by atoms with Gasteiger partial charge in [-0.3, -0.25) is 4.79 Å². The van der Waals surface area contributed by atoms with Gasteiger partial charge in [-0.25, -0.2) is 0 Å². The van der Waals surface area contributed by atoms with Gasteiger partial charge in [0.05, 0.1) is 11.7 Å². The predicted octanol–water partition coefficient (Wildman–Crippen LogP) is 1.97. The Balaban J connectivity index is 1.97. The number of rotatable bonds is 2. The molecule has 1 N–H and O–H groups in total. The number of carbonyl (C=O) groups is 1. The Morgan fingerprint density at radius 2 is 1.89 bits per heavy atom. The quantitative estimate of drug-likeness (QED) is 0.911. The second kappa shape index (κ2) is 4.51. The molecule has 0 aromatic carbocycles. The number of thiophene rings is 1. The summed E-state index contributed by atoms with van der Waals surface area (Å²) >= 11 is 1.57. The maximum atomic E-state index is 12.4. The fourth-order valence-corrected chi connectivity index (χ4v) is 3.43. The molecule has 2 aromatic rings. The van der Waals surface area contributed by atoms with Crippen molar-refractivity contribution in [2.24, 2.45) is 0 Å². The fourth-order valence-electron chi connectivity index (χ4n) is 2.42. The number of aromatic nitrogens is 1. The summed E-state index contributed by atoms with van der Waals surface area (Å²) in [6.45, 7) is 4.96. The Morgan fingerprint density at radius 3 is 2.47 bits per heavy atom. The second-order valence-corrected chi connectivity index (χ2v) is 5.85. The number of carbonyl (C=O) groups excluding carboxylic acids is 1. The number of aliphatic hydroxyl groups is 1. The smallest absolute Gasteiger partial charge is 0.257 e. The molecule has 1 aliphatic heterocycles. The number of likely N-dealkylation sites (tertiary alicyclic amines) is 1. The number of amides is 1. The molecule has 0 spiro atoms. The van der Waals surface area contributed by atoms with Gasteiger partial charge in [0.1, 0.15) is 5.00 Å². The molecular formula is C14H16N2O2S. The zero-order chi connectivity index (χ0) is 13.6. The van der Waals surface area contributed by atoms with E-state index in [1.165, 1.54) is 0 Å². The third-order valence-corrected chi connectivity index (χ3v) is 4.40. The highest BCUT2D eigenvalue weighted by molar-refractivity contribution is 7.13. The van der Waals surface area contributed by atoms with Crippen molar-refractivity contribution in [1.82, 2.24) is 9.47 Å². The third-order valence-electron chi connectivity index (χ3n) is 3.50. The van der Waals surface area contributed by atoms with Gasteiger partial charge in [-0.2, -0.15) is 0 Å². The molecule has 3 heterocycles. The molecule has 5 heteroatoms. The van der Waals surface area contributed by atoms with E-state index in [0.717, 1.165) is 22.0 Å². The minimum Gasteiger partial charge on any atom is -0.389 e. The lowest BCUT2D eigenvalue weighted by Crippen LogP contribution is -2.53. The Morgan fingerprint density at radius 1 is 1.26 bits per heavy atom. The van der Waals surface area contributed by atoms with Crippen molar-refractivity contribution in [2.75, 3.05) is 13.1 Å². The Hall–Kier alpha value is -1.59. The summed E-state index contributed by atoms with van der Waals surface area (Å²) in [5, 5.41) is 12.2. The maximum Gasteiger partial charge on any atom is 0.257 e. The van der Waals surface area contributed by atoms with Gasteiger partial charge < -0.3 is 14.6 Å². The normalized spacial score (nSPS) is 15.6. The molecule has 1 saturated heterocycles. The van der Waals surface area contributed by atoms with E-state index in [1.807, 2.05) is 25.3 Å². The van der Waals surface area contributed by atoms with Crippen LogP contribution >= 0.6 is 11.3 Å². The number of aliphatic hydroxyl groups excluding tert-OH is 1. The van der Waals surface area contributed by atoms with Crippen molar-refractivity contribution in [2.45, 2.75) is 20.0 Å². The van der Waals surface area contributed by atoms with Crippen LogP contribution < -0.4 is 0 Å². The van der Waals surface area contributed by atoms with Crippen LogP contribution in [0.15, 0.2) is 23.6 Å². The lowest BCUT2D eigenvalue weighted by Gasteiger charge is -2.35. The Bertz CT molecular complexity index is 604. The van der Waals surface area contributed by atoms with E-state index in [-0.39, 0.29) is 12.0 Å². The van der Waals surface area contributed by atoms with Gasteiger partial charge in [-0.05, 0) is 37.4 Å². The van der Waals surface area contributed by atoms with Crippen LogP contribution in [0, 0.1) is 13.8 Å². The molecule has 1 aliphatic rings. The maximum absolute atomic E-state index is 12.4. The molecule has 4 nitrogen and oxygen atoms in total. The molecule has 0 unspecified atom stereocenters. The van der Waals surface area contributed by atoms with E-state index in [2.05, 4.69) is 16.7 Å². The van der Waals surface area contributed by atoms with Crippen LogP contribution in [0.2, 0.25) is 0 Å². The van der Waals surface area contributed by atoms with Crippen LogP contribution in [-0.2, 0) is 0 Å². The molecular weight excluding hydrogens is 260 g/mol. The first kappa shape index (κ1) is 12.4. The summed E-state index contributed by atoms with van der Waals surface area (Å²) in [5.74, 6) is 0.00838. The molecule has 0 bridgehead atoms. The highest BCUT2D eigenvalue weighted by Crippen LogP contribution is 2.28. The molecule has 19 heavy (non-hydrogen) atoms. The number of hydrogen-bond donors (Lipinski definition) is 1. The monoisotopic (exact) mass is 276 g/mol. The minimum atomic E-state index is -0.360. The number of hydrogen-bond acceptors (Lipinski definition) is 3. The standard InChI is InChI=1S/C14H16N2O2S/c1-9-3-4-10(2)16(9)14-12(5-6-19-14)13(18)15-7-11(17)8-15/h3-6,11,17H,7-8H2,1-2H3. The van der Waals surface area contributed by atoms with Gasteiger partial charge in [-0.15, -0.1) is 11.3 Å². The average Bonchev–Trinajstić information content (AvgIpc) is 2.91. The summed E-state index contributed by atoms with van der Waals surface area (Å²) in [6, 6.07) is 5.97. The van der Waals surface area contributed by atoms with Crippen molar-refractivity contribution in [1.29, 1.82) is 0 Å². The zero-order valence-corrected chi connectivity index (χ0v) is 11.8. The molecule has 1 amide bonds. The van der Waals surface area contributed by atoms with Gasteiger partial charge in [0, 0.05) is 24.5 Å². The highest BCUT2D eigenvalue weighted by Gasteiger charge is 2.31. The summed E-state index contributed by atoms with van der Waals surface area (Å²) in [4.78, 5) is 14.1. The lowest BCUT2D eigenvalue weighted by atomic mass is 10.1. The second-order valence-electron chi connectivity index (χ2n) is 4.95. The van der Waals surface area contributed by atoms with Crippen LogP contribution in [0.4, 0.5) is 0 Å². The van der Waals surface area contributed by atoms with Crippen molar-refractivity contribution in [3.63, 3.8) is 0 Å². The largest absolute Gasteiger partial charge is 0.389 e. The first-order chi connectivity index (χ1) is 9.08. The SMILES string of the molecule is Cc1ccc(C)n1-c1sccc1C(=O)N1CC(O)C1.